The summed E-state index contributed by atoms with van der Waals surface area (Å²) in [6, 6.07) is 9.96. The highest BCUT2D eigenvalue weighted by atomic mass is 15.1. The minimum Gasteiger partial charge on any atom is -0.382 e. The third-order valence-corrected chi connectivity index (χ3v) is 3.84. The molecule has 4 heteroatoms. The molecule has 1 fully saturated rings. The van der Waals surface area contributed by atoms with Gasteiger partial charge in [-0.3, -0.25) is 0 Å². The number of hydrogen-bond acceptors (Lipinski definition) is 4. The first kappa shape index (κ1) is 15.4. The van der Waals surface area contributed by atoms with Crippen LogP contribution in [-0.4, -0.2) is 30.6 Å². The van der Waals surface area contributed by atoms with Crippen molar-refractivity contribution in [3.05, 3.63) is 29.3 Å². The average molecular weight is 282 g/mol. The normalized spacial score (nSPS) is 16.4. The fraction of sp³-hybridized carbons (Fsp3) is 0.529. The fourth-order valence-corrected chi connectivity index (χ4v) is 2.84. The van der Waals surface area contributed by atoms with Gasteiger partial charge in [0.05, 0.1) is 11.1 Å². The number of anilines is 1. The molecule has 4 nitrogen and oxygen atoms in total. The molecule has 0 aromatic heterocycles. The van der Waals surface area contributed by atoms with Crippen LogP contribution in [-0.2, 0) is 0 Å². The minimum atomic E-state index is 0.440. The SMILES string of the molecule is CC(C)CN1CCC(Nc2ccc(C#N)c(C#N)c2)CC1. The maximum Gasteiger partial charge on any atom is 0.101 e. The van der Waals surface area contributed by atoms with Crippen molar-refractivity contribution in [1.29, 1.82) is 10.5 Å². The van der Waals surface area contributed by atoms with E-state index in [-0.39, 0.29) is 0 Å². The lowest BCUT2D eigenvalue weighted by molar-refractivity contribution is 0.198. The van der Waals surface area contributed by atoms with Gasteiger partial charge < -0.3 is 10.2 Å². The predicted octanol–water partition coefficient (Wildman–Crippen LogP) is 2.96. The van der Waals surface area contributed by atoms with Crippen molar-refractivity contribution >= 4 is 5.69 Å². The van der Waals surface area contributed by atoms with Crippen LogP contribution < -0.4 is 5.32 Å². The van der Waals surface area contributed by atoms with E-state index in [1.165, 1.54) is 6.54 Å². The Hall–Kier alpha value is -2.04. The molecule has 1 aromatic rings. The summed E-state index contributed by atoms with van der Waals surface area (Å²) in [5, 5.41) is 21.5. The Bertz CT molecular complexity index is 557. The van der Waals surface area contributed by atoms with E-state index in [1.807, 2.05) is 12.1 Å². The van der Waals surface area contributed by atoms with Gasteiger partial charge >= 0.3 is 0 Å². The van der Waals surface area contributed by atoms with Crippen LogP contribution in [0.3, 0.4) is 0 Å². The summed E-state index contributed by atoms with van der Waals surface area (Å²) in [6.07, 6.45) is 2.24. The molecule has 0 radical (unpaired) electrons. The van der Waals surface area contributed by atoms with E-state index < -0.39 is 0 Å². The molecule has 0 aliphatic carbocycles. The molecule has 1 N–H and O–H groups in total. The van der Waals surface area contributed by atoms with E-state index in [0.29, 0.717) is 23.1 Å². The largest absolute Gasteiger partial charge is 0.382 e. The van der Waals surface area contributed by atoms with Gasteiger partial charge in [-0.25, -0.2) is 0 Å². The molecule has 0 atom stereocenters. The number of rotatable bonds is 4. The van der Waals surface area contributed by atoms with Gasteiger partial charge in [0.15, 0.2) is 0 Å². The van der Waals surface area contributed by atoms with Crippen molar-refractivity contribution in [1.82, 2.24) is 4.90 Å². The highest BCUT2D eigenvalue weighted by Crippen LogP contribution is 2.20. The van der Waals surface area contributed by atoms with Crippen LogP contribution in [0.1, 0.15) is 37.8 Å². The summed E-state index contributed by atoms with van der Waals surface area (Å²) in [5.41, 5.74) is 1.82. The zero-order valence-corrected chi connectivity index (χ0v) is 12.8. The first-order valence-corrected chi connectivity index (χ1v) is 7.55. The van der Waals surface area contributed by atoms with Crippen LogP contribution in [0.2, 0.25) is 0 Å². The van der Waals surface area contributed by atoms with E-state index in [2.05, 4.69) is 30.1 Å². The van der Waals surface area contributed by atoms with Crippen molar-refractivity contribution in [3.8, 4) is 12.1 Å². The van der Waals surface area contributed by atoms with Crippen LogP contribution in [0.5, 0.6) is 0 Å². The lowest BCUT2D eigenvalue weighted by Gasteiger charge is -2.33. The van der Waals surface area contributed by atoms with E-state index in [1.54, 1.807) is 12.1 Å². The third-order valence-electron chi connectivity index (χ3n) is 3.84. The molecule has 1 heterocycles. The molecule has 2 rings (SSSR count). The number of nitriles is 2. The fourth-order valence-electron chi connectivity index (χ4n) is 2.84. The second-order valence-corrected chi connectivity index (χ2v) is 6.10. The number of nitrogens with one attached hydrogen (secondary N) is 1. The molecule has 1 aliphatic rings. The van der Waals surface area contributed by atoms with Gasteiger partial charge in [-0.1, -0.05) is 13.8 Å². The summed E-state index contributed by atoms with van der Waals surface area (Å²) in [4.78, 5) is 2.52. The Morgan fingerprint density at radius 3 is 2.43 bits per heavy atom. The maximum atomic E-state index is 9.06. The smallest absolute Gasteiger partial charge is 0.101 e. The molecule has 0 bridgehead atoms. The van der Waals surface area contributed by atoms with E-state index >= 15 is 0 Å². The lowest BCUT2D eigenvalue weighted by Crippen LogP contribution is -2.40. The first-order valence-electron chi connectivity index (χ1n) is 7.55. The molecule has 0 saturated carbocycles. The van der Waals surface area contributed by atoms with Crippen LogP contribution in [0, 0.1) is 28.6 Å². The van der Waals surface area contributed by atoms with Gasteiger partial charge in [0, 0.05) is 31.4 Å². The van der Waals surface area contributed by atoms with Gasteiger partial charge in [0.1, 0.15) is 12.1 Å². The minimum absolute atomic E-state index is 0.440. The molecule has 1 aliphatic heterocycles. The number of likely N-dealkylation sites (tertiary alicyclic amines) is 1. The van der Waals surface area contributed by atoms with Crippen molar-refractivity contribution in [2.24, 2.45) is 5.92 Å². The van der Waals surface area contributed by atoms with Crippen molar-refractivity contribution in [2.45, 2.75) is 32.7 Å². The summed E-state index contributed by atoms with van der Waals surface area (Å²) in [7, 11) is 0. The van der Waals surface area contributed by atoms with Crippen molar-refractivity contribution in [3.63, 3.8) is 0 Å². The van der Waals surface area contributed by atoms with E-state index in [9.17, 15) is 0 Å². The van der Waals surface area contributed by atoms with Crippen LogP contribution in [0.25, 0.3) is 0 Å². The lowest BCUT2D eigenvalue weighted by atomic mass is 10.0. The molecule has 1 aromatic carbocycles. The Labute approximate surface area is 127 Å². The molecular formula is C17H22N4. The monoisotopic (exact) mass is 282 g/mol. The summed E-state index contributed by atoms with van der Waals surface area (Å²) in [5.74, 6) is 0.714. The predicted molar refractivity (Wildman–Crippen MR) is 83.8 cm³/mol. The first-order chi connectivity index (χ1) is 10.1. The van der Waals surface area contributed by atoms with E-state index in [4.69, 9.17) is 10.5 Å². The van der Waals surface area contributed by atoms with Gasteiger partial charge in [-0.2, -0.15) is 10.5 Å². The Morgan fingerprint density at radius 1 is 1.19 bits per heavy atom. The number of nitrogens with zero attached hydrogens (tertiary/aromatic N) is 3. The van der Waals surface area contributed by atoms with Crippen LogP contribution in [0.15, 0.2) is 18.2 Å². The highest BCUT2D eigenvalue weighted by molar-refractivity contribution is 5.56. The zero-order valence-electron chi connectivity index (χ0n) is 12.8. The Balaban J connectivity index is 1.92. The summed E-state index contributed by atoms with van der Waals surface area (Å²) >= 11 is 0. The molecule has 1 saturated heterocycles. The Kier molecular flexibility index (Phi) is 5.20. The van der Waals surface area contributed by atoms with Crippen LogP contribution >= 0.6 is 0 Å². The molecule has 21 heavy (non-hydrogen) atoms. The summed E-state index contributed by atoms with van der Waals surface area (Å²) in [6.45, 7) is 7.92. The van der Waals surface area contributed by atoms with Crippen molar-refractivity contribution < 1.29 is 0 Å². The molecule has 0 unspecified atom stereocenters. The standard InChI is InChI=1S/C17H22N4/c1-13(2)12-21-7-5-16(6-8-21)20-17-4-3-14(10-18)15(9-17)11-19/h3-4,9,13,16,20H,5-8,12H2,1-2H3. The molecule has 0 amide bonds. The second kappa shape index (κ2) is 7.11. The Morgan fingerprint density at radius 2 is 1.86 bits per heavy atom. The number of benzene rings is 1. The maximum absolute atomic E-state index is 9.06. The highest BCUT2D eigenvalue weighted by Gasteiger charge is 2.19. The average Bonchev–Trinajstić information content (AvgIpc) is 2.48. The van der Waals surface area contributed by atoms with Gasteiger partial charge in [0.2, 0.25) is 0 Å². The quantitative estimate of drug-likeness (QED) is 0.922. The number of hydrogen-bond donors (Lipinski definition) is 1. The van der Waals surface area contributed by atoms with Crippen molar-refractivity contribution in [2.75, 3.05) is 25.0 Å². The summed E-state index contributed by atoms with van der Waals surface area (Å²) < 4.78 is 0. The molecule has 0 spiro atoms. The van der Waals surface area contributed by atoms with Crippen LogP contribution in [0.4, 0.5) is 5.69 Å². The molecular weight excluding hydrogens is 260 g/mol. The van der Waals surface area contributed by atoms with Gasteiger partial charge in [-0.05, 0) is 37.0 Å². The number of piperidine rings is 1. The zero-order chi connectivity index (χ0) is 15.2. The third kappa shape index (κ3) is 4.21. The van der Waals surface area contributed by atoms with Gasteiger partial charge in [-0.15, -0.1) is 0 Å². The van der Waals surface area contributed by atoms with E-state index in [0.717, 1.165) is 31.6 Å². The second-order valence-electron chi connectivity index (χ2n) is 6.10. The van der Waals surface area contributed by atoms with Gasteiger partial charge in [0.25, 0.3) is 0 Å². The molecule has 110 valence electrons. The topological polar surface area (TPSA) is 62.9 Å².